The molecule has 0 saturated heterocycles. The summed E-state index contributed by atoms with van der Waals surface area (Å²) in [6, 6.07) is 9.66. The van der Waals surface area contributed by atoms with Crippen molar-refractivity contribution in [2.45, 2.75) is 25.1 Å². The van der Waals surface area contributed by atoms with Crippen molar-refractivity contribution < 1.29 is 9.90 Å². The van der Waals surface area contributed by atoms with Gasteiger partial charge in [0.25, 0.3) is 0 Å². The van der Waals surface area contributed by atoms with E-state index in [1.807, 2.05) is 25.1 Å². The van der Waals surface area contributed by atoms with Crippen molar-refractivity contribution in [3.05, 3.63) is 35.9 Å². The SMILES string of the molecule is CCCNC(CSCc1ccccc1)C(=O)O. The van der Waals surface area contributed by atoms with Gasteiger partial charge in [-0.05, 0) is 18.5 Å². The van der Waals surface area contributed by atoms with Crippen LogP contribution in [0.25, 0.3) is 0 Å². The van der Waals surface area contributed by atoms with Gasteiger partial charge in [0.15, 0.2) is 0 Å². The Morgan fingerprint density at radius 3 is 2.71 bits per heavy atom. The summed E-state index contributed by atoms with van der Waals surface area (Å²) in [7, 11) is 0. The molecule has 0 aromatic heterocycles. The number of aliphatic carboxylic acids is 1. The second-order valence-corrected chi connectivity index (χ2v) is 4.88. The maximum absolute atomic E-state index is 11.0. The zero-order chi connectivity index (χ0) is 12.5. The number of hydrogen-bond donors (Lipinski definition) is 2. The van der Waals surface area contributed by atoms with Crippen molar-refractivity contribution in [3.63, 3.8) is 0 Å². The Morgan fingerprint density at radius 1 is 1.41 bits per heavy atom. The molecule has 0 radical (unpaired) electrons. The average Bonchev–Trinajstić information content (AvgIpc) is 2.34. The minimum Gasteiger partial charge on any atom is -0.480 e. The zero-order valence-corrected chi connectivity index (χ0v) is 10.9. The molecule has 3 nitrogen and oxygen atoms in total. The maximum Gasteiger partial charge on any atom is 0.321 e. The molecule has 1 rings (SSSR count). The summed E-state index contributed by atoms with van der Waals surface area (Å²) in [6.07, 6.45) is 0.952. The first-order valence-electron chi connectivity index (χ1n) is 5.82. The highest BCUT2D eigenvalue weighted by Crippen LogP contribution is 2.12. The van der Waals surface area contributed by atoms with E-state index in [9.17, 15) is 4.79 Å². The minimum atomic E-state index is -0.765. The van der Waals surface area contributed by atoms with Crippen LogP contribution in [0.1, 0.15) is 18.9 Å². The standard InChI is InChI=1S/C13H19NO2S/c1-2-8-14-12(13(15)16)10-17-9-11-6-4-3-5-7-11/h3-7,12,14H,2,8-10H2,1H3,(H,15,16). The van der Waals surface area contributed by atoms with Crippen molar-refractivity contribution in [2.24, 2.45) is 0 Å². The molecule has 0 saturated carbocycles. The lowest BCUT2D eigenvalue weighted by molar-refractivity contribution is -0.138. The second kappa shape index (κ2) is 8.14. The number of benzene rings is 1. The normalized spacial score (nSPS) is 12.3. The van der Waals surface area contributed by atoms with Gasteiger partial charge in [-0.25, -0.2) is 0 Å². The summed E-state index contributed by atoms with van der Waals surface area (Å²) < 4.78 is 0. The lowest BCUT2D eigenvalue weighted by atomic mass is 10.2. The van der Waals surface area contributed by atoms with Gasteiger partial charge in [0.1, 0.15) is 6.04 Å². The molecule has 0 spiro atoms. The molecular weight excluding hydrogens is 234 g/mol. The third-order valence-electron chi connectivity index (χ3n) is 2.33. The van der Waals surface area contributed by atoms with Gasteiger partial charge < -0.3 is 10.4 Å². The molecule has 0 aliphatic carbocycles. The highest BCUT2D eigenvalue weighted by molar-refractivity contribution is 7.98. The largest absolute Gasteiger partial charge is 0.480 e. The number of carboxylic acid groups (broad SMARTS) is 1. The fraction of sp³-hybridized carbons (Fsp3) is 0.462. The summed E-state index contributed by atoms with van der Waals surface area (Å²) >= 11 is 1.65. The van der Waals surface area contributed by atoms with E-state index >= 15 is 0 Å². The number of rotatable bonds is 8. The van der Waals surface area contributed by atoms with E-state index in [1.165, 1.54) is 5.56 Å². The molecule has 1 atom stereocenters. The van der Waals surface area contributed by atoms with E-state index in [1.54, 1.807) is 11.8 Å². The summed E-state index contributed by atoms with van der Waals surface area (Å²) in [6.45, 7) is 2.78. The van der Waals surface area contributed by atoms with Crippen LogP contribution < -0.4 is 5.32 Å². The highest BCUT2D eigenvalue weighted by Gasteiger charge is 2.15. The van der Waals surface area contributed by atoms with Gasteiger partial charge in [-0.15, -0.1) is 0 Å². The van der Waals surface area contributed by atoms with Crippen LogP contribution >= 0.6 is 11.8 Å². The molecule has 0 aliphatic rings. The van der Waals surface area contributed by atoms with E-state index in [4.69, 9.17) is 5.11 Å². The van der Waals surface area contributed by atoms with Crippen molar-refractivity contribution in [2.75, 3.05) is 12.3 Å². The van der Waals surface area contributed by atoms with Crippen molar-refractivity contribution in [1.29, 1.82) is 0 Å². The van der Waals surface area contributed by atoms with Crippen LogP contribution in [-0.2, 0) is 10.5 Å². The summed E-state index contributed by atoms with van der Waals surface area (Å²) in [5.74, 6) is 0.696. The van der Waals surface area contributed by atoms with Gasteiger partial charge in [0.05, 0.1) is 0 Å². The highest BCUT2D eigenvalue weighted by atomic mass is 32.2. The molecule has 0 amide bonds. The van der Waals surface area contributed by atoms with E-state index in [2.05, 4.69) is 17.4 Å². The zero-order valence-electron chi connectivity index (χ0n) is 10.1. The average molecular weight is 253 g/mol. The molecule has 0 bridgehead atoms. The van der Waals surface area contributed by atoms with Crippen LogP contribution in [0.5, 0.6) is 0 Å². The molecule has 2 N–H and O–H groups in total. The summed E-state index contributed by atoms with van der Waals surface area (Å²) in [5, 5.41) is 12.1. The lowest BCUT2D eigenvalue weighted by Gasteiger charge is -2.13. The molecule has 1 aromatic rings. The van der Waals surface area contributed by atoms with Gasteiger partial charge in [-0.1, -0.05) is 37.3 Å². The number of thioether (sulfide) groups is 1. The maximum atomic E-state index is 11.0. The molecular formula is C13H19NO2S. The van der Waals surface area contributed by atoms with Crippen LogP contribution in [0.4, 0.5) is 0 Å². The molecule has 0 fully saturated rings. The van der Waals surface area contributed by atoms with Gasteiger partial charge >= 0.3 is 5.97 Å². The van der Waals surface area contributed by atoms with Gasteiger partial charge in [0, 0.05) is 11.5 Å². The Labute approximate surface area is 107 Å². The van der Waals surface area contributed by atoms with E-state index in [0.29, 0.717) is 5.75 Å². The summed E-state index contributed by atoms with van der Waals surface area (Å²) in [5.41, 5.74) is 1.23. The topological polar surface area (TPSA) is 49.3 Å². The van der Waals surface area contributed by atoms with Crippen LogP contribution in [0.3, 0.4) is 0 Å². The van der Waals surface area contributed by atoms with Gasteiger partial charge in [-0.3, -0.25) is 4.79 Å². The first-order valence-corrected chi connectivity index (χ1v) is 6.97. The molecule has 94 valence electrons. The van der Waals surface area contributed by atoms with Crippen molar-refractivity contribution in [1.82, 2.24) is 5.32 Å². The lowest BCUT2D eigenvalue weighted by Crippen LogP contribution is -2.39. The molecule has 17 heavy (non-hydrogen) atoms. The van der Waals surface area contributed by atoms with Crippen LogP contribution in [0.2, 0.25) is 0 Å². The van der Waals surface area contributed by atoms with Crippen LogP contribution in [0, 0.1) is 0 Å². The predicted octanol–water partition coefficient (Wildman–Crippen LogP) is 2.37. The Bertz CT molecular complexity index is 329. The van der Waals surface area contributed by atoms with Gasteiger partial charge in [0.2, 0.25) is 0 Å². The third kappa shape index (κ3) is 5.75. The summed E-state index contributed by atoms with van der Waals surface area (Å²) in [4.78, 5) is 11.0. The van der Waals surface area contributed by atoms with Crippen molar-refractivity contribution in [3.8, 4) is 0 Å². The monoisotopic (exact) mass is 253 g/mol. The quantitative estimate of drug-likeness (QED) is 0.747. The van der Waals surface area contributed by atoms with Gasteiger partial charge in [-0.2, -0.15) is 11.8 Å². The van der Waals surface area contributed by atoms with Crippen molar-refractivity contribution >= 4 is 17.7 Å². The van der Waals surface area contributed by atoms with E-state index in [-0.39, 0.29) is 0 Å². The number of nitrogens with one attached hydrogen (secondary N) is 1. The fourth-order valence-electron chi connectivity index (χ4n) is 1.40. The van der Waals surface area contributed by atoms with E-state index in [0.717, 1.165) is 18.7 Å². The molecule has 1 unspecified atom stereocenters. The Balaban J connectivity index is 2.29. The minimum absolute atomic E-state index is 0.441. The predicted molar refractivity (Wildman–Crippen MR) is 72.3 cm³/mol. The fourth-order valence-corrected chi connectivity index (χ4v) is 2.45. The Kier molecular flexibility index (Phi) is 6.74. The number of carboxylic acids is 1. The molecule has 0 heterocycles. The third-order valence-corrected chi connectivity index (χ3v) is 3.44. The second-order valence-electron chi connectivity index (χ2n) is 3.85. The first-order chi connectivity index (χ1) is 8.24. The smallest absolute Gasteiger partial charge is 0.321 e. The molecule has 1 aromatic carbocycles. The van der Waals surface area contributed by atoms with E-state index < -0.39 is 12.0 Å². The number of hydrogen-bond acceptors (Lipinski definition) is 3. The Hall–Kier alpha value is -1.00. The Morgan fingerprint density at radius 2 is 2.12 bits per heavy atom. The van der Waals surface area contributed by atoms with Crippen LogP contribution in [-0.4, -0.2) is 29.4 Å². The molecule has 0 aliphatic heterocycles. The number of carbonyl (C=O) groups is 1. The van der Waals surface area contributed by atoms with Crippen LogP contribution in [0.15, 0.2) is 30.3 Å². The molecule has 4 heteroatoms. The first kappa shape index (κ1) is 14.1.